The molecule has 2 aliphatic rings. The van der Waals surface area contributed by atoms with E-state index in [9.17, 15) is 0 Å². The van der Waals surface area contributed by atoms with Gasteiger partial charge in [-0.3, -0.25) is 4.79 Å². The maximum absolute atomic E-state index is 15.3. The van der Waals surface area contributed by atoms with E-state index in [4.69, 9.17) is 0 Å². The van der Waals surface area contributed by atoms with Crippen LogP contribution in [-0.4, -0.2) is 35.3 Å². The Hall–Kier alpha value is -2.45. The predicted octanol–water partition coefficient (Wildman–Crippen LogP) is 22.2. The fraction of sp³-hybridized carbons (Fsp3) is 0.672. The average Bonchev–Trinajstić information content (AvgIpc) is 4.25. The molecular weight excluding hydrogens is 941 g/mol. The van der Waals surface area contributed by atoms with Gasteiger partial charge in [0.15, 0.2) is 0 Å². The molecule has 71 heavy (non-hydrogen) atoms. The number of unbranched alkanes of at least 4 members (excludes halogenated alkanes) is 24. The number of aryl methyl sites for hydroxylation is 1. The van der Waals surface area contributed by atoms with Gasteiger partial charge < -0.3 is 9.80 Å². The maximum Gasteiger partial charge on any atom is 0.260 e. The molecule has 0 radical (unpaired) electrons. The van der Waals surface area contributed by atoms with Gasteiger partial charge in [-0.1, -0.05) is 207 Å². The van der Waals surface area contributed by atoms with E-state index in [-0.39, 0.29) is 5.91 Å². The molecule has 1 amide bonds. The number of carbonyl (C=O) groups excluding carboxylic acids is 1. The number of rotatable bonds is 40. The van der Waals surface area contributed by atoms with Crippen LogP contribution in [0.2, 0.25) is 0 Å². The van der Waals surface area contributed by atoms with Crippen LogP contribution in [0.3, 0.4) is 0 Å². The third-order valence-electron chi connectivity index (χ3n) is 15.8. The molecule has 0 saturated carbocycles. The van der Waals surface area contributed by atoms with Gasteiger partial charge in [0, 0.05) is 65.0 Å². The van der Waals surface area contributed by atoms with E-state index < -0.39 is 0 Å². The van der Waals surface area contributed by atoms with Crippen molar-refractivity contribution < 1.29 is 4.79 Å². The number of hydrogen-bond acceptors (Lipinski definition) is 6. The van der Waals surface area contributed by atoms with Crippen molar-refractivity contribution in [2.24, 2.45) is 11.8 Å². The smallest absolute Gasteiger partial charge is 0.260 e. The van der Waals surface area contributed by atoms with Crippen LogP contribution >= 0.6 is 45.3 Å². The van der Waals surface area contributed by atoms with Crippen LogP contribution in [0.5, 0.6) is 0 Å². The topological polar surface area (TPSA) is 23.6 Å². The molecule has 2 unspecified atom stereocenters. The Morgan fingerprint density at radius 2 is 0.732 bits per heavy atom. The molecule has 4 aromatic rings. The Morgan fingerprint density at radius 1 is 0.408 bits per heavy atom. The van der Waals surface area contributed by atoms with E-state index in [2.05, 4.69) is 99.9 Å². The molecule has 0 aliphatic carbocycles. The van der Waals surface area contributed by atoms with Crippen molar-refractivity contribution in [3.63, 3.8) is 0 Å². The van der Waals surface area contributed by atoms with Crippen molar-refractivity contribution in [2.45, 2.75) is 247 Å². The molecule has 0 spiro atoms. The lowest BCUT2D eigenvalue weighted by atomic mass is 9.93. The van der Waals surface area contributed by atoms with Gasteiger partial charge in [0.1, 0.15) is 0 Å². The fourth-order valence-corrected chi connectivity index (χ4v) is 15.7. The van der Waals surface area contributed by atoms with Gasteiger partial charge in [-0.15, -0.1) is 45.3 Å². The molecule has 0 N–H and O–H groups in total. The third-order valence-corrected chi connectivity index (χ3v) is 20.7. The Kier molecular flexibility index (Phi) is 26.7. The Bertz CT molecular complexity index is 2160. The minimum atomic E-state index is 0.289. The highest BCUT2D eigenvalue weighted by atomic mass is 32.1. The zero-order valence-corrected chi connectivity index (χ0v) is 49.2. The zero-order chi connectivity index (χ0) is 50.0. The van der Waals surface area contributed by atoms with E-state index in [1.807, 2.05) is 45.3 Å². The molecule has 3 nitrogen and oxygen atoms in total. The highest BCUT2D eigenvalue weighted by Gasteiger charge is 2.43. The molecule has 394 valence electrons. The maximum atomic E-state index is 15.3. The molecule has 0 aromatic carbocycles. The van der Waals surface area contributed by atoms with E-state index in [0.29, 0.717) is 11.8 Å². The standard InChI is InChI=1S/C64H98N2OS4/c1-7-11-15-19-23-25-29-32-36-52(35-31-27-21-17-13-9-3)47-65-49-54-62(51(65)6)64(67)66(48-53(37-33-28-22-18-14-10-4)38-34-30-26-24-20-16-12-8-2)63(54)61-46-45-60(71-61)59-44-43-58(70-59)57-42-41-56(69-57)55-40-39-50(5)68-55/h39-46,52-53H,7-38,47-49H2,1-6H3. The van der Waals surface area contributed by atoms with Gasteiger partial charge in [-0.05, 0) is 99.9 Å². The molecule has 2 atom stereocenters. The first-order valence-corrected chi connectivity index (χ1v) is 33.0. The molecule has 7 heteroatoms. The first-order valence-electron chi connectivity index (χ1n) is 29.7. The summed E-state index contributed by atoms with van der Waals surface area (Å²) < 4.78 is 0. The van der Waals surface area contributed by atoms with Crippen LogP contribution in [0.15, 0.2) is 65.4 Å². The van der Waals surface area contributed by atoms with Crippen molar-refractivity contribution in [3.8, 4) is 29.3 Å². The summed E-state index contributed by atoms with van der Waals surface area (Å²) in [6.45, 7) is 16.6. The Labute approximate surface area is 451 Å². The number of fused-ring (bicyclic) bond motifs is 1. The monoisotopic (exact) mass is 1040 g/mol. The highest BCUT2D eigenvalue weighted by molar-refractivity contribution is 7.28. The zero-order valence-electron chi connectivity index (χ0n) is 46.0. The van der Waals surface area contributed by atoms with E-state index in [1.54, 1.807) is 0 Å². The normalized spacial score (nSPS) is 14.8. The molecule has 6 rings (SSSR count). The molecular formula is C64H98N2OS4. The summed E-state index contributed by atoms with van der Waals surface area (Å²) in [5, 5.41) is 0. The van der Waals surface area contributed by atoms with Gasteiger partial charge in [-0.2, -0.15) is 0 Å². The molecule has 2 aliphatic heterocycles. The summed E-state index contributed by atoms with van der Waals surface area (Å²) in [5.74, 6) is 1.52. The third kappa shape index (κ3) is 18.4. The fourth-order valence-electron chi connectivity index (χ4n) is 11.5. The van der Waals surface area contributed by atoms with Crippen molar-refractivity contribution in [3.05, 3.63) is 75.1 Å². The highest BCUT2D eigenvalue weighted by Crippen LogP contribution is 2.48. The summed E-state index contributed by atoms with van der Waals surface area (Å²) in [6, 6.07) is 18.5. The summed E-state index contributed by atoms with van der Waals surface area (Å²) in [4.78, 5) is 31.0. The number of amides is 1. The largest absolute Gasteiger partial charge is 0.370 e. The number of nitrogens with zero attached hydrogens (tertiary/aromatic N) is 2. The lowest BCUT2D eigenvalue weighted by Gasteiger charge is -2.30. The van der Waals surface area contributed by atoms with Crippen LogP contribution in [0.4, 0.5) is 0 Å². The van der Waals surface area contributed by atoms with Crippen molar-refractivity contribution in [2.75, 3.05) is 19.6 Å². The molecule has 4 aromatic heterocycles. The quantitative estimate of drug-likeness (QED) is 0.0415. The second-order valence-corrected chi connectivity index (χ2v) is 26.4. The van der Waals surface area contributed by atoms with Crippen LogP contribution in [0.1, 0.15) is 250 Å². The van der Waals surface area contributed by atoms with Gasteiger partial charge in [-0.25, -0.2) is 0 Å². The second kappa shape index (κ2) is 32.8. The first kappa shape index (κ1) is 57.8. The van der Waals surface area contributed by atoms with Gasteiger partial charge in [0.2, 0.25) is 0 Å². The summed E-state index contributed by atoms with van der Waals surface area (Å²) in [7, 11) is 0. The minimum absolute atomic E-state index is 0.289. The summed E-state index contributed by atoms with van der Waals surface area (Å²) in [6.07, 6.45) is 43.1. The number of carbonyl (C=O) groups is 1. The molecule has 6 heterocycles. The Balaban J connectivity index is 1.23. The second-order valence-electron chi connectivity index (χ2n) is 21.9. The SMILES string of the molecule is CCCCCCCCCCC(CCCCCCCC)CN1CC2=C(c3ccc(-c4ccc(-c5ccc(-c6ccc(C)s6)s5)s4)s3)N(CC(CCCCCCCC)CCCCCCCCCC)C(=O)C2=C1C. The van der Waals surface area contributed by atoms with Crippen LogP contribution in [0.25, 0.3) is 35.0 Å². The molecule has 0 saturated heterocycles. The lowest BCUT2D eigenvalue weighted by Crippen LogP contribution is -2.33. The van der Waals surface area contributed by atoms with Crippen LogP contribution < -0.4 is 0 Å². The molecule has 0 bridgehead atoms. The Morgan fingerprint density at radius 3 is 1.11 bits per heavy atom. The van der Waals surface area contributed by atoms with Crippen molar-refractivity contribution in [1.29, 1.82) is 0 Å². The van der Waals surface area contributed by atoms with Crippen LogP contribution in [-0.2, 0) is 4.79 Å². The number of thiophene rings is 4. The average molecular weight is 1040 g/mol. The minimum Gasteiger partial charge on any atom is -0.370 e. The summed E-state index contributed by atoms with van der Waals surface area (Å²) in [5.41, 5.74) is 4.85. The van der Waals surface area contributed by atoms with Crippen molar-refractivity contribution >= 4 is 57.0 Å². The van der Waals surface area contributed by atoms with Gasteiger partial charge in [0.05, 0.1) is 16.1 Å². The van der Waals surface area contributed by atoms with Crippen molar-refractivity contribution in [1.82, 2.24) is 9.80 Å². The van der Waals surface area contributed by atoms with E-state index in [0.717, 1.165) is 25.2 Å². The lowest BCUT2D eigenvalue weighted by molar-refractivity contribution is -0.123. The van der Waals surface area contributed by atoms with E-state index >= 15 is 4.79 Å². The molecule has 0 fully saturated rings. The van der Waals surface area contributed by atoms with Gasteiger partial charge in [0.25, 0.3) is 5.91 Å². The van der Waals surface area contributed by atoms with E-state index in [1.165, 1.54) is 261 Å². The van der Waals surface area contributed by atoms with Crippen LogP contribution in [0, 0.1) is 18.8 Å². The van der Waals surface area contributed by atoms with Gasteiger partial charge >= 0.3 is 0 Å². The number of allylic oxidation sites excluding steroid dienone is 1. The first-order chi connectivity index (χ1) is 34.8. The number of hydrogen-bond donors (Lipinski definition) is 0. The predicted molar refractivity (Wildman–Crippen MR) is 319 cm³/mol. The summed E-state index contributed by atoms with van der Waals surface area (Å²) >= 11 is 7.63.